The molecular formula is C11H18N4O4S. The van der Waals surface area contributed by atoms with E-state index in [1.54, 1.807) is 25.5 Å². The maximum Gasteiger partial charge on any atom is 0.410 e. The number of hydrogen-bond donors (Lipinski definition) is 1. The van der Waals surface area contributed by atoms with Gasteiger partial charge in [-0.05, 0) is 20.8 Å². The number of ether oxygens (including phenoxy) is 1. The molecule has 0 fully saturated rings. The molecule has 1 aliphatic heterocycles. The van der Waals surface area contributed by atoms with Crippen LogP contribution in [0.2, 0.25) is 0 Å². The van der Waals surface area contributed by atoms with E-state index in [2.05, 4.69) is 5.10 Å². The molecule has 0 aliphatic carbocycles. The van der Waals surface area contributed by atoms with Gasteiger partial charge in [0.2, 0.25) is 10.0 Å². The summed E-state index contributed by atoms with van der Waals surface area (Å²) in [5, 5.41) is 9.10. The Morgan fingerprint density at radius 1 is 1.40 bits per heavy atom. The number of primary sulfonamides is 1. The van der Waals surface area contributed by atoms with Crippen molar-refractivity contribution in [2.24, 2.45) is 5.14 Å². The van der Waals surface area contributed by atoms with E-state index in [0.29, 0.717) is 18.8 Å². The van der Waals surface area contributed by atoms with Crippen LogP contribution in [0, 0.1) is 0 Å². The van der Waals surface area contributed by atoms with E-state index in [-0.39, 0.29) is 11.4 Å². The number of amides is 1. The average Bonchev–Trinajstić information content (AvgIpc) is 2.68. The van der Waals surface area contributed by atoms with E-state index in [9.17, 15) is 13.2 Å². The summed E-state index contributed by atoms with van der Waals surface area (Å²) in [5.74, 6) is 0. The maximum absolute atomic E-state index is 12.0. The molecule has 0 saturated carbocycles. The van der Waals surface area contributed by atoms with E-state index in [0.717, 1.165) is 0 Å². The van der Waals surface area contributed by atoms with Gasteiger partial charge >= 0.3 is 6.09 Å². The zero-order valence-electron chi connectivity index (χ0n) is 11.7. The number of carbonyl (C=O) groups is 1. The van der Waals surface area contributed by atoms with Crippen molar-refractivity contribution < 1.29 is 17.9 Å². The molecular weight excluding hydrogens is 284 g/mol. The van der Waals surface area contributed by atoms with Gasteiger partial charge in [0.15, 0.2) is 0 Å². The molecule has 2 heterocycles. The van der Waals surface area contributed by atoms with Crippen LogP contribution in [0.3, 0.4) is 0 Å². The standard InChI is InChI=1S/C11H18N4O4S/c1-11(2,3)19-10(16)14-4-5-15-8(7-14)9(6-13-15)20(12,17)18/h6H,4-5,7H2,1-3H3,(H2,12,17,18). The molecule has 8 nitrogen and oxygen atoms in total. The summed E-state index contributed by atoms with van der Waals surface area (Å²) in [7, 11) is -3.85. The molecule has 1 aliphatic rings. The fraction of sp³-hybridized carbons (Fsp3) is 0.636. The molecule has 1 aromatic rings. The van der Waals surface area contributed by atoms with Gasteiger partial charge in [0.1, 0.15) is 10.5 Å². The van der Waals surface area contributed by atoms with E-state index < -0.39 is 21.7 Å². The van der Waals surface area contributed by atoms with E-state index in [4.69, 9.17) is 9.88 Å². The molecule has 2 N–H and O–H groups in total. The number of carbonyl (C=O) groups excluding carboxylic acids is 1. The van der Waals surface area contributed by atoms with Gasteiger partial charge in [0.05, 0.1) is 25.0 Å². The third-order valence-corrected chi connectivity index (χ3v) is 3.75. The molecule has 0 spiro atoms. The smallest absolute Gasteiger partial charge is 0.410 e. The predicted molar refractivity (Wildman–Crippen MR) is 70.2 cm³/mol. The fourth-order valence-corrected chi connectivity index (χ4v) is 2.63. The molecule has 9 heteroatoms. The van der Waals surface area contributed by atoms with Gasteiger partial charge in [-0.15, -0.1) is 0 Å². The Morgan fingerprint density at radius 3 is 2.60 bits per heavy atom. The minimum atomic E-state index is -3.85. The average molecular weight is 302 g/mol. The quantitative estimate of drug-likeness (QED) is 0.801. The van der Waals surface area contributed by atoms with E-state index >= 15 is 0 Å². The van der Waals surface area contributed by atoms with Gasteiger partial charge < -0.3 is 9.64 Å². The Kier molecular flexibility index (Phi) is 3.51. The van der Waals surface area contributed by atoms with Crippen molar-refractivity contribution in [3.63, 3.8) is 0 Å². The normalized spacial score (nSPS) is 15.9. The second-order valence-corrected chi connectivity index (χ2v) is 7.16. The van der Waals surface area contributed by atoms with Crippen LogP contribution in [0.5, 0.6) is 0 Å². The number of rotatable bonds is 1. The Morgan fingerprint density at radius 2 is 2.05 bits per heavy atom. The van der Waals surface area contributed by atoms with Crippen molar-refractivity contribution in [3.05, 3.63) is 11.9 Å². The first-order chi connectivity index (χ1) is 9.08. The van der Waals surface area contributed by atoms with Gasteiger partial charge in [-0.3, -0.25) is 4.68 Å². The number of fused-ring (bicyclic) bond motifs is 1. The first kappa shape index (κ1) is 14.8. The molecule has 0 aromatic carbocycles. The number of hydrogen-bond acceptors (Lipinski definition) is 5. The van der Waals surface area contributed by atoms with Crippen LogP contribution in [0.25, 0.3) is 0 Å². The Balaban J connectivity index is 2.22. The molecule has 0 saturated heterocycles. The van der Waals surface area contributed by atoms with E-state index in [1.165, 1.54) is 11.1 Å². The van der Waals surface area contributed by atoms with Gasteiger partial charge in [0, 0.05) is 6.54 Å². The highest BCUT2D eigenvalue weighted by atomic mass is 32.2. The van der Waals surface area contributed by atoms with Crippen LogP contribution in [-0.2, 0) is 27.8 Å². The van der Waals surface area contributed by atoms with Crippen molar-refractivity contribution in [1.29, 1.82) is 0 Å². The van der Waals surface area contributed by atoms with Gasteiger partial charge in [-0.25, -0.2) is 18.4 Å². The van der Waals surface area contributed by atoms with Crippen molar-refractivity contribution in [2.45, 2.75) is 44.4 Å². The van der Waals surface area contributed by atoms with Crippen LogP contribution >= 0.6 is 0 Å². The molecule has 0 unspecified atom stereocenters. The second-order valence-electron chi connectivity index (χ2n) is 5.63. The highest BCUT2D eigenvalue weighted by molar-refractivity contribution is 7.89. The number of aromatic nitrogens is 2. The first-order valence-corrected chi connectivity index (χ1v) is 7.68. The lowest BCUT2D eigenvalue weighted by molar-refractivity contribution is 0.0192. The minimum absolute atomic E-state index is 0.0502. The van der Waals surface area contributed by atoms with Crippen LogP contribution in [-0.4, -0.2) is 41.3 Å². The summed E-state index contributed by atoms with van der Waals surface area (Å²) in [6.07, 6.45) is 0.730. The van der Waals surface area contributed by atoms with Gasteiger partial charge in [0.25, 0.3) is 0 Å². The third kappa shape index (κ3) is 3.10. The Hall–Kier alpha value is -1.61. The monoisotopic (exact) mass is 302 g/mol. The molecule has 112 valence electrons. The molecule has 2 rings (SSSR count). The molecule has 1 aromatic heterocycles. The summed E-state index contributed by atoms with van der Waals surface area (Å²) in [5.41, 5.74) is -0.193. The van der Waals surface area contributed by atoms with Crippen LogP contribution in [0.4, 0.5) is 4.79 Å². The summed E-state index contributed by atoms with van der Waals surface area (Å²) < 4.78 is 29.7. The lowest BCUT2D eigenvalue weighted by atomic mass is 10.2. The topological polar surface area (TPSA) is 108 Å². The minimum Gasteiger partial charge on any atom is -0.444 e. The highest BCUT2D eigenvalue weighted by Gasteiger charge is 2.30. The zero-order chi connectivity index (χ0) is 15.1. The Bertz CT molecular complexity index is 629. The number of nitrogens with zero attached hydrogens (tertiary/aromatic N) is 3. The Labute approximate surface area is 117 Å². The lowest BCUT2D eigenvalue weighted by Crippen LogP contribution is -2.42. The summed E-state index contributed by atoms with van der Waals surface area (Å²) in [4.78, 5) is 13.4. The van der Waals surface area contributed by atoms with Gasteiger partial charge in [-0.1, -0.05) is 0 Å². The maximum atomic E-state index is 12.0. The van der Waals surface area contributed by atoms with Crippen LogP contribution in [0.1, 0.15) is 26.5 Å². The number of sulfonamides is 1. The van der Waals surface area contributed by atoms with E-state index in [1.807, 2.05) is 0 Å². The first-order valence-electron chi connectivity index (χ1n) is 6.13. The molecule has 20 heavy (non-hydrogen) atoms. The third-order valence-electron chi connectivity index (χ3n) is 2.79. The van der Waals surface area contributed by atoms with Crippen molar-refractivity contribution in [1.82, 2.24) is 14.7 Å². The molecule has 0 radical (unpaired) electrons. The predicted octanol–water partition coefficient (Wildman–Crippen LogP) is 0.281. The molecule has 0 atom stereocenters. The molecule has 0 bridgehead atoms. The van der Waals surface area contributed by atoms with Crippen molar-refractivity contribution in [3.8, 4) is 0 Å². The van der Waals surface area contributed by atoms with Gasteiger partial charge in [-0.2, -0.15) is 5.10 Å². The summed E-state index contributed by atoms with van der Waals surface area (Å²) in [6.45, 7) is 6.25. The van der Waals surface area contributed by atoms with Crippen LogP contribution < -0.4 is 5.14 Å². The lowest BCUT2D eigenvalue weighted by Gasteiger charge is -2.30. The largest absolute Gasteiger partial charge is 0.444 e. The zero-order valence-corrected chi connectivity index (χ0v) is 12.5. The SMILES string of the molecule is CC(C)(C)OC(=O)N1CCn2ncc(S(N)(=O)=O)c2C1. The second kappa shape index (κ2) is 4.74. The van der Waals surface area contributed by atoms with Crippen molar-refractivity contribution >= 4 is 16.1 Å². The fourth-order valence-electron chi connectivity index (χ4n) is 1.94. The molecule has 1 amide bonds. The summed E-state index contributed by atoms with van der Waals surface area (Å²) in [6, 6.07) is 0. The van der Waals surface area contributed by atoms with Crippen molar-refractivity contribution in [2.75, 3.05) is 6.54 Å². The number of nitrogens with two attached hydrogens (primary N) is 1. The highest BCUT2D eigenvalue weighted by Crippen LogP contribution is 2.21. The summed E-state index contributed by atoms with van der Waals surface area (Å²) >= 11 is 0. The van der Waals surface area contributed by atoms with Crippen LogP contribution in [0.15, 0.2) is 11.1 Å².